The Morgan fingerprint density at radius 2 is 1.78 bits per heavy atom. The number of aromatic hydroxyl groups is 1. The van der Waals surface area contributed by atoms with Crippen LogP contribution in [0, 0.1) is 0 Å². The van der Waals surface area contributed by atoms with Gasteiger partial charge in [0.15, 0.2) is 5.58 Å². The van der Waals surface area contributed by atoms with Crippen LogP contribution in [0.5, 0.6) is 5.75 Å². The molecule has 8 heteroatoms. The molecular weight excluding hydrogens is 363 g/mol. The molecule has 2 aromatic heterocycles. The molecule has 5 nitrogen and oxygen atoms in total. The van der Waals surface area contributed by atoms with Gasteiger partial charge in [0.2, 0.25) is 0 Å². The summed E-state index contributed by atoms with van der Waals surface area (Å²) >= 11 is 0. The Balaban J connectivity index is 2.22. The van der Waals surface area contributed by atoms with E-state index in [1.807, 2.05) is 6.07 Å². The van der Waals surface area contributed by atoms with Crippen molar-refractivity contribution in [3.8, 4) is 5.75 Å². The molecule has 0 aliphatic heterocycles. The van der Waals surface area contributed by atoms with E-state index in [0.717, 1.165) is 9.95 Å². The zero-order chi connectivity index (χ0) is 19.5. The highest BCUT2D eigenvalue weighted by Crippen LogP contribution is 2.38. The summed E-state index contributed by atoms with van der Waals surface area (Å²) < 4.78 is 45.5. The maximum Gasteiger partial charge on any atom is 0.455 e. The zero-order valence-electron chi connectivity index (χ0n) is 13.9. The number of furan rings is 1. The molecule has 4 aromatic rings. The lowest BCUT2D eigenvalue weighted by atomic mass is 10.0. The van der Waals surface area contributed by atoms with Crippen molar-refractivity contribution in [2.24, 2.45) is 0 Å². The number of carbonyl (C=O) groups is 1. The van der Waals surface area contributed by atoms with Crippen molar-refractivity contribution < 1.29 is 27.5 Å². The minimum atomic E-state index is -5.28. The maximum atomic E-state index is 12.9. The standard InChI is InChI=1S/C19H12F3NO4/c1-2-23-14-11(15(24)13(18(23)26)17(25)19(20,21)22)8-7-10-9-5-3-4-6-12(9)27-16(10)14/h3-8,24H,2H2,1H3. The molecule has 138 valence electrons. The fourth-order valence-electron chi connectivity index (χ4n) is 3.35. The van der Waals surface area contributed by atoms with E-state index in [2.05, 4.69) is 0 Å². The second-order valence-electron chi connectivity index (χ2n) is 6.04. The number of benzene rings is 2. The Labute approximate surface area is 149 Å². The molecule has 1 N–H and O–H groups in total. The molecule has 0 unspecified atom stereocenters. The molecule has 0 aliphatic rings. The summed E-state index contributed by atoms with van der Waals surface area (Å²) in [5, 5.41) is 11.7. The molecule has 0 radical (unpaired) electrons. The first-order valence-corrected chi connectivity index (χ1v) is 8.07. The first-order valence-electron chi connectivity index (χ1n) is 8.07. The molecule has 27 heavy (non-hydrogen) atoms. The minimum absolute atomic E-state index is 0.0100. The van der Waals surface area contributed by atoms with E-state index in [1.54, 1.807) is 31.2 Å². The highest BCUT2D eigenvalue weighted by atomic mass is 19.4. The van der Waals surface area contributed by atoms with Crippen LogP contribution in [-0.2, 0) is 6.54 Å². The smallest absolute Gasteiger partial charge is 0.455 e. The number of rotatable bonds is 2. The number of fused-ring (bicyclic) bond motifs is 5. The summed E-state index contributed by atoms with van der Waals surface area (Å²) in [5.41, 5.74) is -1.56. The quantitative estimate of drug-likeness (QED) is 0.528. The van der Waals surface area contributed by atoms with E-state index in [9.17, 15) is 27.9 Å². The lowest BCUT2D eigenvalue weighted by Crippen LogP contribution is -2.33. The number of halogens is 3. The number of Topliss-reactive ketones (excluding diaryl/α,β-unsaturated/α-hetero) is 1. The largest absolute Gasteiger partial charge is 0.506 e. The summed E-state index contributed by atoms with van der Waals surface area (Å²) in [6, 6.07) is 10.1. The normalized spacial score (nSPS) is 12.3. The minimum Gasteiger partial charge on any atom is -0.506 e. The Hall–Kier alpha value is -3.29. The number of carbonyl (C=O) groups excluding carboxylic acids is 1. The van der Waals surface area contributed by atoms with Gasteiger partial charge >= 0.3 is 6.18 Å². The predicted molar refractivity (Wildman–Crippen MR) is 93.2 cm³/mol. The van der Waals surface area contributed by atoms with E-state index in [-0.39, 0.29) is 23.0 Å². The lowest BCUT2D eigenvalue weighted by Gasteiger charge is -2.14. The summed E-state index contributed by atoms with van der Waals surface area (Å²) in [6.45, 7) is 1.55. The van der Waals surface area contributed by atoms with E-state index >= 15 is 0 Å². The van der Waals surface area contributed by atoms with E-state index in [1.165, 1.54) is 6.07 Å². The van der Waals surface area contributed by atoms with Gasteiger partial charge in [-0.15, -0.1) is 0 Å². The number of para-hydroxylation sites is 1. The molecule has 0 atom stereocenters. The number of aryl methyl sites for hydroxylation is 1. The van der Waals surface area contributed by atoms with Crippen molar-refractivity contribution in [3.05, 3.63) is 52.3 Å². The topological polar surface area (TPSA) is 72.4 Å². The van der Waals surface area contributed by atoms with Crippen LogP contribution in [0.1, 0.15) is 17.3 Å². The van der Waals surface area contributed by atoms with E-state index in [0.29, 0.717) is 11.0 Å². The van der Waals surface area contributed by atoms with Gasteiger partial charge in [-0.3, -0.25) is 9.59 Å². The highest BCUT2D eigenvalue weighted by molar-refractivity contribution is 6.16. The zero-order valence-corrected chi connectivity index (χ0v) is 13.9. The van der Waals surface area contributed by atoms with Gasteiger partial charge in [0.1, 0.15) is 16.9 Å². The van der Waals surface area contributed by atoms with Crippen molar-refractivity contribution in [1.29, 1.82) is 0 Å². The van der Waals surface area contributed by atoms with Crippen molar-refractivity contribution in [2.75, 3.05) is 0 Å². The average molecular weight is 375 g/mol. The molecule has 2 heterocycles. The van der Waals surface area contributed by atoms with Crippen LogP contribution >= 0.6 is 0 Å². The third kappa shape index (κ3) is 2.33. The summed E-state index contributed by atoms with van der Waals surface area (Å²) in [7, 11) is 0. The molecule has 2 aromatic carbocycles. The third-order valence-electron chi connectivity index (χ3n) is 4.54. The Bertz CT molecular complexity index is 1300. The molecule has 0 bridgehead atoms. The highest BCUT2D eigenvalue weighted by Gasteiger charge is 2.43. The number of alkyl halides is 3. The first-order chi connectivity index (χ1) is 12.8. The van der Waals surface area contributed by atoms with Crippen LogP contribution in [0.15, 0.2) is 45.6 Å². The maximum absolute atomic E-state index is 12.9. The number of aromatic nitrogens is 1. The van der Waals surface area contributed by atoms with E-state index < -0.39 is 28.8 Å². The van der Waals surface area contributed by atoms with Crippen LogP contribution < -0.4 is 5.56 Å². The Kier molecular flexibility index (Phi) is 3.56. The number of hydrogen-bond donors (Lipinski definition) is 1. The predicted octanol–water partition coefficient (Wildman–Crippen LogP) is 4.37. The van der Waals surface area contributed by atoms with Gasteiger partial charge in [-0.05, 0) is 25.1 Å². The number of ketones is 1. The van der Waals surface area contributed by atoms with Crippen LogP contribution in [0.2, 0.25) is 0 Å². The number of nitrogens with zero attached hydrogens (tertiary/aromatic N) is 1. The summed E-state index contributed by atoms with van der Waals surface area (Å²) in [6.07, 6.45) is -5.28. The van der Waals surface area contributed by atoms with Gasteiger partial charge in [0.05, 0.1) is 5.52 Å². The van der Waals surface area contributed by atoms with E-state index in [4.69, 9.17) is 4.42 Å². The molecule has 0 saturated heterocycles. The van der Waals surface area contributed by atoms with Crippen molar-refractivity contribution in [3.63, 3.8) is 0 Å². The Morgan fingerprint density at radius 3 is 2.44 bits per heavy atom. The summed E-state index contributed by atoms with van der Waals surface area (Å²) in [5.74, 6) is -3.37. The monoisotopic (exact) mass is 375 g/mol. The van der Waals surface area contributed by atoms with Crippen molar-refractivity contribution in [2.45, 2.75) is 19.6 Å². The van der Waals surface area contributed by atoms with Gasteiger partial charge in [-0.1, -0.05) is 18.2 Å². The fraction of sp³-hybridized carbons (Fsp3) is 0.158. The van der Waals surface area contributed by atoms with Gasteiger partial charge in [0, 0.05) is 22.7 Å². The van der Waals surface area contributed by atoms with Crippen LogP contribution in [-0.4, -0.2) is 21.6 Å². The molecule has 0 amide bonds. The molecule has 4 rings (SSSR count). The van der Waals surface area contributed by atoms with Crippen LogP contribution in [0.4, 0.5) is 13.2 Å². The molecule has 0 spiro atoms. The molecule has 0 saturated carbocycles. The molecular formula is C19H12F3NO4. The lowest BCUT2D eigenvalue weighted by molar-refractivity contribution is -0.0887. The molecule has 0 aliphatic carbocycles. The second kappa shape index (κ2) is 5.60. The van der Waals surface area contributed by atoms with Gasteiger partial charge in [0.25, 0.3) is 11.3 Å². The second-order valence-corrected chi connectivity index (χ2v) is 6.04. The van der Waals surface area contributed by atoms with Crippen LogP contribution in [0.25, 0.3) is 32.8 Å². The van der Waals surface area contributed by atoms with Gasteiger partial charge in [-0.25, -0.2) is 0 Å². The van der Waals surface area contributed by atoms with Crippen LogP contribution in [0.3, 0.4) is 0 Å². The average Bonchev–Trinajstić information content (AvgIpc) is 3.00. The van der Waals surface area contributed by atoms with Crippen molar-refractivity contribution in [1.82, 2.24) is 4.57 Å². The summed E-state index contributed by atoms with van der Waals surface area (Å²) in [4.78, 5) is 24.3. The van der Waals surface area contributed by atoms with Gasteiger partial charge in [-0.2, -0.15) is 13.2 Å². The number of hydrogen-bond acceptors (Lipinski definition) is 4. The fourth-order valence-corrected chi connectivity index (χ4v) is 3.35. The van der Waals surface area contributed by atoms with Crippen molar-refractivity contribution >= 4 is 38.6 Å². The third-order valence-corrected chi connectivity index (χ3v) is 4.54. The number of pyridine rings is 1. The van der Waals surface area contributed by atoms with Gasteiger partial charge < -0.3 is 14.1 Å². The molecule has 0 fully saturated rings. The first kappa shape index (κ1) is 17.1. The Morgan fingerprint density at radius 1 is 1.11 bits per heavy atom. The SMILES string of the molecule is CCn1c(=O)c(C(=O)C(F)(F)F)c(O)c2ccc3c4ccccc4oc3c21.